The molecule has 106 valence electrons. The Kier molecular flexibility index (Phi) is 5.16. The van der Waals surface area contributed by atoms with Crippen molar-refractivity contribution in [2.75, 3.05) is 45.2 Å². The van der Waals surface area contributed by atoms with Gasteiger partial charge in [-0.25, -0.2) is 4.39 Å². The molecule has 1 aromatic rings. The van der Waals surface area contributed by atoms with Crippen LogP contribution < -0.4 is 10.2 Å². The molecule has 0 spiro atoms. The van der Waals surface area contributed by atoms with Crippen LogP contribution >= 0.6 is 0 Å². The minimum Gasteiger partial charge on any atom is -0.371 e. The van der Waals surface area contributed by atoms with Crippen LogP contribution in [0, 0.1) is 5.82 Å². The van der Waals surface area contributed by atoms with Crippen LogP contribution in [0.5, 0.6) is 0 Å². The number of nitrogens with zero attached hydrogens (tertiary/aromatic N) is 2. The molecule has 0 saturated carbocycles. The van der Waals surface area contributed by atoms with Crippen LogP contribution in [0.1, 0.15) is 18.4 Å². The number of likely N-dealkylation sites (N-methyl/N-ethyl adjacent to an activating group) is 1. The van der Waals surface area contributed by atoms with Crippen LogP contribution in [-0.2, 0) is 6.54 Å². The molecular weight excluding hydrogens is 241 g/mol. The van der Waals surface area contributed by atoms with Gasteiger partial charge in [-0.05, 0) is 50.7 Å². The number of anilines is 1. The Morgan fingerprint density at radius 1 is 1.32 bits per heavy atom. The summed E-state index contributed by atoms with van der Waals surface area (Å²) in [6.07, 6.45) is 2.60. The van der Waals surface area contributed by atoms with Gasteiger partial charge >= 0.3 is 0 Å². The Balaban J connectivity index is 1.92. The van der Waals surface area contributed by atoms with Crippen LogP contribution in [0.4, 0.5) is 10.1 Å². The van der Waals surface area contributed by atoms with E-state index in [4.69, 9.17) is 0 Å². The molecule has 1 fully saturated rings. The zero-order valence-corrected chi connectivity index (χ0v) is 12.0. The van der Waals surface area contributed by atoms with Gasteiger partial charge in [0.2, 0.25) is 0 Å². The average Bonchev–Trinajstić information content (AvgIpc) is 2.89. The molecule has 0 unspecified atom stereocenters. The van der Waals surface area contributed by atoms with Crippen LogP contribution in [0.3, 0.4) is 0 Å². The second-order valence-electron chi connectivity index (χ2n) is 5.29. The minimum atomic E-state index is -0.128. The summed E-state index contributed by atoms with van der Waals surface area (Å²) in [6.45, 7) is 4.99. The second-order valence-corrected chi connectivity index (χ2v) is 5.29. The third-order valence-electron chi connectivity index (χ3n) is 3.75. The van der Waals surface area contributed by atoms with Crippen molar-refractivity contribution in [2.24, 2.45) is 0 Å². The van der Waals surface area contributed by atoms with Crippen LogP contribution in [0.15, 0.2) is 18.2 Å². The largest absolute Gasteiger partial charge is 0.371 e. The van der Waals surface area contributed by atoms with E-state index >= 15 is 0 Å². The molecule has 0 bridgehead atoms. The predicted molar refractivity (Wildman–Crippen MR) is 78.1 cm³/mol. The lowest BCUT2D eigenvalue weighted by atomic mass is 10.2. The second kappa shape index (κ2) is 6.87. The highest BCUT2D eigenvalue weighted by Gasteiger charge is 2.13. The van der Waals surface area contributed by atoms with Crippen molar-refractivity contribution < 1.29 is 4.39 Å². The smallest absolute Gasteiger partial charge is 0.146 e. The molecular formula is C15H24FN3. The lowest BCUT2D eigenvalue weighted by Crippen LogP contribution is -2.31. The van der Waals surface area contributed by atoms with Crippen molar-refractivity contribution in [3.8, 4) is 0 Å². The van der Waals surface area contributed by atoms with Crippen molar-refractivity contribution in [2.45, 2.75) is 19.4 Å². The maximum absolute atomic E-state index is 14.0. The number of nitrogens with one attached hydrogen (secondary N) is 1. The van der Waals surface area contributed by atoms with Crippen LogP contribution in [0.25, 0.3) is 0 Å². The van der Waals surface area contributed by atoms with Gasteiger partial charge in [-0.3, -0.25) is 0 Å². The normalized spacial score (nSPS) is 15.9. The molecule has 19 heavy (non-hydrogen) atoms. The molecule has 1 aliphatic heterocycles. The Labute approximate surface area is 115 Å². The van der Waals surface area contributed by atoms with Gasteiger partial charge in [0.15, 0.2) is 0 Å². The van der Waals surface area contributed by atoms with Gasteiger partial charge in [-0.1, -0.05) is 6.07 Å². The molecule has 1 saturated heterocycles. The molecule has 0 amide bonds. The summed E-state index contributed by atoms with van der Waals surface area (Å²) in [7, 11) is 3.83. The zero-order valence-electron chi connectivity index (χ0n) is 12.0. The summed E-state index contributed by atoms with van der Waals surface area (Å²) in [5, 5.41) is 3.04. The van der Waals surface area contributed by atoms with Crippen molar-refractivity contribution in [1.82, 2.24) is 10.2 Å². The van der Waals surface area contributed by atoms with Crippen LogP contribution in [-0.4, -0.2) is 45.2 Å². The van der Waals surface area contributed by atoms with E-state index in [1.54, 1.807) is 6.07 Å². The fourth-order valence-corrected chi connectivity index (χ4v) is 2.59. The number of likely N-dealkylation sites (tertiary alicyclic amines) is 1. The van der Waals surface area contributed by atoms with E-state index in [2.05, 4.69) is 10.2 Å². The molecule has 2 rings (SSSR count). The summed E-state index contributed by atoms with van der Waals surface area (Å²) >= 11 is 0. The van der Waals surface area contributed by atoms with Gasteiger partial charge in [0.1, 0.15) is 5.82 Å². The van der Waals surface area contributed by atoms with E-state index < -0.39 is 0 Å². The third kappa shape index (κ3) is 3.91. The molecule has 1 aromatic carbocycles. The maximum Gasteiger partial charge on any atom is 0.146 e. The standard InChI is InChI=1S/C15H24FN3/c1-17-12-13-5-6-15(14(16)11-13)18(2)9-10-19-7-3-4-8-19/h5-6,11,17H,3-4,7-10,12H2,1-2H3. The van der Waals surface area contributed by atoms with E-state index in [-0.39, 0.29) is 5.82 Å². The molecule has 0 radical (unpaired) electrons. The van der Waals surface area contributed by atoms with Gasteiger partial charge < -0.3 is 15.1 Å². The number of hydrogen-bond donors (Lipinski definition) is 1. The number of rotatable bonds is 6. The summed E-state index contributed by atoms with van der Waals surface area (Å²) in [5.41, 5.74) is 1.68. The highest BCUT2D eigenvalue weighted by atomic mass is 19.1. The first-order chi connectivity index (χ1) is 9.20. The molecule has 1 aliphatic rings. The highest BCUT2D eigenvalue weighted by Crippen LogP contribution is 2.19. The lowest BCUT2D eigenvalue weighted by Gasteiger charge is -2.23. The predicted octanol–water partition coefficient (Wildman–Crippen LogP) is 2.08. The Morgan fingerprint density at radius 2 is 2.05 bits per heavy atom. The molecule has 4 heteroatoms. The van der Waals surface area contributed by atoms with Crippen molar-refractivity contribution >= 4 is 5.69 Å². The van der Waals surface area contributed by atoms with Crippen LogP contribution in [0.2, 0.25) is 0 Å². The molecule has 0 aromatic heterocycles. The summed E-state index contributed by atoms with van der Waals surface area (Å²) in [5.74, 6) is -0.128. The molecule has 1 heterocycles. The molecule has 0 atom stereocenters. The van der Waals surface area contributed by atoms with Crippen molar-refractivity contribution in [3.63, 3.8) is 0 Å². The highest BCUT2D eigenvalue weighted by molar-refractivity contribution is 5.48. The van der Waals surface area contributed by atoms with Crippen molar-refractivity contribution in [3.05, 3.63) is 29.6 Å². The number of halogens is 1. The molecule has 3 nitrogen and oxygen atoms in total. The fraction of sp³-hybridized carbons (Fsp3) is 0.600. The first kappa shape index (κ1) is 14.3. The molecule has 0 aliphatic carbocycles. The minimum absolute atomic E-state index is 0.128. The maximum atomic E-state index is 14.0. The van der Waals surface area contributed by atoms with Gasteiger partial charge in [-0.2, -0.15) is 0 Å². The van der Waals surface area contributed by atoms with E-state index in [0.717, 1.165) is 18.7 Å². The van der Waals surface area contributed by atoms with E-state index in [1.807, 2.05) is 31.1 Å². The van der Waals surface area contributed by atoms with Crippen molar-refractivity contribution in [1.29, 1.82) is 0 Å². The Morgan fingerprint density at radius 3 is 2.68 bits per heavy atom. The van der Waals surface area contributed by atoms with Gasteiger partial charge in [-0.15, -0.1) is 0 Å². The summed E-state index contributed by atoms with van der Waals surface area (Å²) in [4.78, 5) is 4.46. The Bertz CT molecular complexity index is 402. The lowest BCUT2D eigenvalue weighted by molar-refractivity contribution is 0.346. The van der Waals surface area contributed by atoms with Gasteiger partial charge in [0.05, 0.1) is 5.69 Å². The van der Waals surface area contributed by atoms with E-state index in [9.17, 15) is 4.39 Å². The SMILES string of the molecule is CNCc1ccc(N(C)CCN2CCCC2)c(F)c1. The van der Waals surface area contributed by atoms with Gasteiger partial charge in [0, 0.05) is 26.7 Å². The monoisotopic (exact) mass is 265 g/mol. The average molecular weight is 265 g/mol. The topological polar surface area (TPSA) is 18.5 Å². The fourth-order valence-electron chi connectivity index (χ4n) is 2.59. The number of hydrogen-bond acceptors (Lipinski definition) is 3. The first-order valence-electron chi connectivity index (χ1n) is 7.07. The zero-order chi connectivity index (χ0) is 13.7. The number of benzene rings is 1. The summed E-state index contributed by atoms with van der Waals surface area (Å²) in [6, 6.07) is 5.49. The first-order valence-corrected chi connectivity index (χ1v) is 7.07. The quantitative estimate of drug-likeness (QED) is 0.849. The Hall–Kier alpha value is -1.13. The van der Waals surface area contributed by atoms with Gasteiger partial charge in [0.25, 0.3) is 0 Å². The van der Waals surface area contributed by atoms with E-state index in [1.165, 1.54) is 25.9 Å². The summed E-state index contributed by atoms with van der Waals surface area (Å²) < 4.78 is 14.0. The third-order valence-corrected chi connectivity index (χ3v) is 3.75. The molecule has 1 N–H and O–H groups in total. The van der Waals surface area contributed by atoms with E-state index in [0.29, 0.717) is 12.2 Å².